The van der Waals surface area contributed by atoms with Crippen molar-refractivity contribution in [3.05, 3.63) is 65.5 Å². The van der Waals surface area contributed by atoms with Gasteiger partial charge in [0.25, 0.3) is 5.91 Å². The number of nitrogens with one attached hydrogen (secondary N) is 3. The lowest BCUT2D eigenvalue weighted by molar-refractivity contribution is -0.119. The number of methoxy groups -OCH3 is 1. The van der Waals surface area contributed by atoms with E-state index in [-0.39, 0.29) is 24.2 Å². The van der Waals surface area contributed by atoms with E-state index in [1.807, 2.05) is 0 Å². The monoisotopic (exact) mass is 359 g/mol. The van der Waals surface area contributed by atoms with Crippen molar-refractivity contribution in [1.29, 1.82) is 0 Å². The first-order valence-corrected chi connectivity index (χ1v) is 8.21. The van der Waals surface area contributed by atoms with E-state index >= 15 is 0 Å². The van der Waals surface area contributed by atoms with Gasteiger partial charge in [-0.15, -0.1) is 0 Å². The number of hydrogen-bond donors (Lipinski definition) is 3. The van der Waals surface area contributed by atoms with E-state index in [1.54, 1.807) is 43.5 Å². The van der Waals surface area contributed by atoms with E-state index in [4.69, 9.17) is 4.74 Å². The molecule has 6 nitrogen and oxygen atoms in total. The maximum absolute atomic E-state index is 12.9. The van der Waals surface area contributed by atoms with Crippen LogP contribution < -0.4 is 16.0 Å². The molecule has 0 radical (unpaired) electrons. The highest BCUT2D eigenvalue weighted by molar-refractivity contribution is 6.00. The Morgan fingerprint density at radius 1 is 1.04 bits per heavy atom. The Bertz CT molecular complexity index is 735. The molecule has 0 atom stereocenters. The number of rotatable bonds is 9. The molecule has 0 bridgehead atoms. The van der Waals surface area contributed by atoms with Crippen molar-refractivity contribution in [3.63, 3.8) is 0 Å². The zero-order valence-corrected chi connectivity index (χ0v) is 14.5. The molecule has 2 rings (SSSR count). The number of benzene rings is 2. The highest BCUT2D eigenvalue weighted by atomic mass is 19.1. The topological polar surface area (TPSA) is 79.5 Å². The summed E-state index contributed by atoms with van der Waals surface area (Å²) in [4.78, 5) is 24.2. The Labute approximate surface area is 151 Å². The van der Waals surface area contributed by atoms with Crippen LogP contribution in [0, 0.1) is 5.82 Å². The molecule has 0 unspecified atom stereocenters. The number of para-hydroxylation sites is 1. The summed E-state index contributed by atoms with van der Waals surface area (Å²) in [5.41, 5.74) is 1.83. The molecule has 0 saturated carbocycles. The fraction of sp³-hybridized carbons (Fsp3) is 0.263. The average Bonchev–Trinajstić information content (AvgIpc) is 2.66. The van der Waals surface area contributed by atoms with E-state index in [0.717, 1.165) is 5.56 Å². The van der Waals surface area contributed by atoms with Gasteiger partial charge in [-0.1, -0.05) is 24.3 Å². The molecule has 0 saturated heterocycles. The summed E-state index contributed by atoms with van der Waals surface area (Å²) in [6.07, 6.45) is 0. The minimum atomic E-state index is -0.317. The molecule has 0 heterocycles. The molecule has 0 aliphatic carbocycles. The fourth-order valence-corrected chi connectivity index (χ4v) is 2.24. The predicted molar refractivity (Wildman–Crippen MR) is 97.4 cm³/mol. The Kier molecular flexibility index (Phi) is 7.57. The summed E-state index contributed by atoms with van der Waals surface area (Å²) in [5.74, 6) is -0.789. The molecule has 2 amide bonds. The van der Waals surface area contributed by atoms with Crippen LogP contribution in [0.2, 0.25) is 0 Å². The molecule has 0 aliphatic rings. The van der Waals surface area contributed by atoms with Crippen LogP contribution in [0.4, 0.5) is 10.1 Å². The third-order valence-electron chi connectivity index (χ3n) is 3.61. The maximum Gasteiger partial charge on any atom is 0.253 e. The molecule has 7 heteroatoms. The molecular formula is C19H22FN3O3. The average molecular weight is 359 g/mol. The van der Waals surface area contributed by atoms with Gasteiger partial charge in [0.15, 0.2) is 0 Å². The molecule has 138 valence electrons. The normalized spacial score (nSPS) is 10.2. The van der Waals surface area contributed by atoms with Gasteiger partial charge in [0.1, 0.15) is 5.82 Å². The minimum Gasteiger partial charge on any atom is -0.383 e. The van der Waals surface area contributed by atoms with Crippen LogP contribution in [0.5, 0.6) is 0 Å². The number of anilines is 1. The molecule has 3 N–H and O–H groups in total. The van der Waals surface area contributed by atoms with Crippen molar-refractivity contribution in [2.45, 2.75) is 6.54 Å². The van der Waals surface area contributed by atoms with Crippen LogP contribution in [0.1, 0.15) is 15.9 Å². The predicted octanol–water partition coefficient (Wildman–Crippen LogP) is 1.93. The standard InChI is InChI=1S/C19H22FN3O3/c1-26-11-10-21-19(25)16-4-2-3-5-17(16)22-13-18(24)23-12-14-6-8-15(20)9-7-14/h2-9,22H,10-13H2,1H3,(H,21,25)(H,23,24). The van der Waals surface area contributed by atoms with Crippen molar-refractivity contribution in [2.24, 2.45) is 0 Å². The summed E-state index contributed by atoms with van der Waals surface area (Å²) in [6, 6.07) is 12.9. The third-order valence-corrected chi connectivity index (χ3v) is 3.61. The molecule has 26 heavy (non-hydrogen) atoms. The van der Waals surface area contributed by atoms with Gasteiger partial charge in [-0.25, -0.2) is 4.39 Å². The first-order valence-electron chi connectivity index (χ1n) is 8.21. The maximum atomic E-state index is 12.9. The molecule has 0 aromatic heterocycles. The molecule has 0 spiro atoms. The lowest BCUT2D eigenvalue weighted by Gasteiger charge is -2.12. The van der Waals surface area contributed by atoms with Gasteiger partial charge in [0.2, 0.25) is 5.91 Å². The Hall–Kier alpha value is -2.93. The van der Waals surface area contributed by atoms with E-state index in [0.29, 0.717) is 30.9 Å². The summed E-state index contributed by atoms with van der Waals surface area (Å²) < 4.78 is 17.8. The zero-order valence-electron chi connectivity index (χ0n) is 14.5. The van der Waals surface area contributed by atoms with Crippen molar-refractivity contribution in [3.8, 4) is 0 Å². The lowest BCUT2D eigenvalue weighted by atomic mass is 10.1. The van der Waals surface area contributed by atoms with Gasteiger partial charge < -0.3 is 20.7 Å². The SMILES string of the molecule is COCCNC(=O)c1ccccc1NCC(=O)NCc1ccc(F)cc1. The number of halogens is 1. The van der Waals surface area contributed by atoms with Crippen LogP contribution in [-0.2, 0) is 16.1 Å². The van der Waals surface area contributed by atoms with E-state index < -0.39 is 0 Å². The first-order chi connectivity index (χ1) is 12.6. The largest absolute Gasteiger partial charge is 0.383 e. The molecule has 2 aromatic carbocycles. The number of hydrogen-bond acceptors (Lipinski definition) is 4. The van der Waals surface area contributed by atoms with Crippen molar-refractivity contribution >= 4 is 17.5 Å². The van der Waals surface area contributed by atoms with Crippen LogP contribution in [0.25, 0.3) is 0 Å². The molecular weight excluding hydrogens is 337 g/mol. The second kappa shape index (κ2) is 10.1. The Balaban J connectivity index is 1.85. The smallest absolute Gasteiger partial charge is 0.253 e. The fourth-order valence-electron chi connectivity index (χ4n) is 2.24. The highest BCUT2D eigenvalue weighted by Crippen LogP contribution is 2.14. The second-order valence-electron chi connectivity index (χ2n) is 5.55. The Morgan fingerprint density at radius 2 is 1.77 bits per heavy atom. The minimum absolute atomic E-state index is 0.0174. The number of carbonyl (C=O) groups excluding carboxylic acids is 2. The van der Waals surface area contributed by atoms with Gasteiger partial charge >= 0.3 is 0 Å². The van der Waals surface area contributed by atoms with Crippen molar-refractivity contribution in [1.82, 2.24) is 10.6 Å². The van der Waals surface area contributed by atoms with Crippen molar-refractivity contribution in [2.75, 3.05) is 32.1 Å². The molecule has 0 fully saturated rings. The van der Waals surface area contributed by atoms with Gasteiger partial charge in [-0.05, 0) is 29.8 Å². The van der Waals surface area contributed by atoms with Crippen LogP contribution in [0.15, 0.2) is 48.5 Å². The molecule has 2 aromatic rings. The van der Waals surface area contributed by atoms with Crippen LogP contribution >= 0.6 is 0 Å². The summed E-state index contributed by atoms with van der Waals surface area (Å²) in [5, 5.41) is 8.45. The number of ether oxygens (including phenoxy) is 1. The number of carbonyl (C=O) groups is 2. The summed E-state index contributed by atoms with van der Waals surface area (Å²) >= 11 is 0. The molecule has 0 aliphatic heterocycles. The Morgan fingerprint density at radius 3 is 2.50 bits per heavy atom. The van der Waals surface area contributed by atoms with Gasteiger partial charge in [-0.3, -0.25) is 9.59 Å². The number of amides is 2. The van der Waals surface area contributed by atoms with Crippen LogP contribution in [-0.4, -0.2) is 38.6 Å². The zero-order chi connectivity index (χ0) is 18.8. The van der Waals surface area contributed by atoms with Gasteiger partial charge in [-0.2, -0.15) is 0 Å². The van der Waals surface area contributed by atoms with E-state index in [9.17, 15) is 14.0 Å². The van der Waals surface area contributed by atoms with Gasteiger partial charge in [0, 0.05) is 25.9 Å². The summed E-state index contributed by atoms with van der Waals surface area (Å²) in [7, 11) is 1.56. The highest BCUT2D eigenvalue weighted by Gasteiger charge is 2.11. The van der Waals surface area contributed by atoms with Crippen molar-refractivity contribution < 1.29 is 18.7 Å². The van der Waals surface area contributed by atoms with Crippen LogP contribution in [0.3, 0.4) is 0 Å². The quantitative estimate of drug-likeness (QED) is 0.598. The lowest BCUT2D eigenvalue weighted by Crippen LogP contribution is -2.31. The second-order valence-corrected chi connectivity index (χ2v) is 5.55. The van der Waals surface area contributed by atoms with Gasteiger partial charge in [0.05, 0.1) is 18.7 Å². The van der Waals surface area contributed by atoms with E-state index in [1.165, 1.54) is 12.1 Å². The summed E-state index contributed by atoms with van der Waals surface area (Å²) in [6.45, 7) is 1.15. The third kappa shape index (κ3) is 6.18. The first kappa shape index (κ1) is 19.4. The van der Waals surface area contributed by atoms with E-state index in [2.05, 4.69) is 16.0 Å².